The number of H-pyrrole nitrogens is 2. The van der Waals surface area contributed by atoms with Crippen LogP contribution in [0.1, 0.15) is 5.69 Å². The molecule has 5 rings (SSSR count). The molecule has 2 aromatic carbocycles. The number of nitrogens with one attached hydrogen (secondary N) is 3. The van der Waals surface area contributed by atoms with E-state index in [-0.39, 0.29) is 17.5 Å². The first-order valence-electron chi connectivity index (χ1n) is 8.53. The standard InChI is InChI=1S/C19H14N6O2S/c26-16-9-11(10-28-19-22-12-5-1-2-6-13(12)23-19)20-17(24-16)25-18-21-14-7-3-4-8-15(14)27-18/h1-9H,10H2,(H,22,23)(H2,20,21,24,25,26). The SMILES string of the molecule is O=c1cc(CSc2nc3ccccc3[nH]2)nc(Nc2nc3ccccc3o2)[nH]1. The van der Waals surface area contributed by atoms with Crippen LogP contribution in [0.4, 0.5) is 12.0 Å². The molecule has 9 heteroatoms. The van der Waals surface area contributed by atoms with Crippen LogP contribution in [0.3, 0.4) is 0 Å². The Kier molecular flexibility index (Phi) is 4.06. The quantitative estimate of drug-likeness (QED) is 0.391. The number of thioether (sulfide) groups is 1. The summed E-state index contributed by atoms with van der Waals surface area (Å²) in [5.41, 5.74) is 3.62. The lowest BCUT2D eigenvalue weighted by molar-refractivity contribution is 0.621. The highest BCUT2D eigenvalue weighted by molar-refractivity contribution is 7.98. The molecule has 3 aromatic heterocycles. The third-order valence-corrected chi connectivity index (χ3v) is 4.95. The maximum atomic E-state index is 12.0. The summed E-state index contributed by atoms with van der Waals surface area (Å²) in [6.45, 7) is 0. The van der Waals surface area contributed by atoms with Crippen LogP contribution in [0.5, 0.6) is 0 Å². The van der Waals surface area contributed by atoms with Crippen LogP contribution < -0.4 is 10.9 Å². The summed E-state index contributed by atoms with van der Waals surface area (Å²) in [5, 5.41) is 3.69. The minimum absolute atomic E-state index is 0.256. The van der Waals surface area contributed by atoms with Gasteiger partial charge in [0.05, 0.1) is 16.7 Å². The van der Waals surface area contributed by atoms with E-state index in [0.29, 0.717) is 17.0 Å². The van der Waals surface area contributed by atoms with Crippen LogP contribution in [0.15, 0.2) is 69.0 Å². The van der Waals surface area contributed by atoms with Gasteiger partial charge in [-0.1, -0.05) is 36.0 Å². The zero-order valence-electron chi connectivity index (χ0n) is 14.5. The second-order valence-electron chi connectivity index (χ2n) is 6.04. The molecule has 8 nitrogen and oxygen atoms in total. The molecule has 0 bridgehead atoms. The average Bonchev–Trinajstić information content (AvgIpc) is 3.28. The number of hydrogen-bond acceptors (Lipinski definition) is 7. The third kappa shape index (κ3) is 3.35. The Bertz CT molecular complexity index is 1270. The maximum Gasteiger partial charge on any atom is 0.302 e. The molecule has 0 unspecified atom stereocenters. The van der Waals surface area contributed by atoms with Gasteiger partial charge in [0.1, 0.15) is 5.52 Å². The number of anilines is 2. The number of imidazole rings is 1. The lowest BCUT2D eigenvalue weighted by atomic mass is 10.3. The van der Waals surface area contributed by atoms with Crippen molar-refractivity contribution in [1.82, 2.24) is 24.9 Å². The van der Waals surface area contributed by atoms with Crippen molar-refractivity contribution in [3.05, 3.63) is 70.6 Å². The van der Waals surface area contributed by atoms with Gasteiger partial charge in [0.25, 0.3) is 5.56 Å². The van der Waals surface area contributed by atoms with Crippen molar-refractivity contribution < 1.29 is 4.42 Å². The highest BCUT2D eigenvalue weighted by Crippen LogP contribution is 2.23. The molecular weight excluding hydrogens is 376 g/mol. The lowest BCUT2D eigenvalue weighted by Gasteiger charge is -2.03. The Morgan fingerprint density at radius 1 is 0.964 bits per heavy atom. The van der Waals surface area contributed by atoms with E-state index in [4.69, 9.17) is 4.42 Å². The van der Waals surface area contributed by atoms with Crippen LogP contribution in [0.2, 0.25) is 0 Å². The van der Waals surface area contributed by atoms with Gasteiger partial charge in [-0.3, -0.25) is 15.1 Å². The Labute approximate surface area is 162 Å². The number of hydrogen-bond donors (Lipinski definition) is 3. The lowest BCUT2D eigenvalue weighted by Crippen LogP contribution is -2.11. The van der Waals surface area contributed by atoms with Gasteiger partial charge in [-0.2, -0.15) is 4.98 Å². The largest absolute Gasteiger partial charge is 0.423 e. The summed E-state index contributed by atoms with van der Waals surface area (Å²) < 4.78 is 5.61. The minimum Gasteiger partial charge on any atom is -0.423 e. The van der Waals surface area contributed by atoms with Crippen LogP contribution in [-0.2, 0) is 5.75 Å². The Hall–Kier alpha value is -3.59. The van der Waals surface area contributed by atoms with E-state index in [1.165, 1.54) is 17.8 Å². The molecule has 0 atom stereocenters. The van der Waals surface area contributed by atoms with Crippen molar-refractivity contribution in [3.63, 3.8) is 0 Å². The first-order valence-corrected chi connectivity index (χ1v) is 9.52. The van der Waals surface area contributed by atoms with Gasteiger partial charge in [0.15, 0.2) is 10.7 Å². The number of rotatable bonds is 5. The molecule has 0 aliphatic heterocycles. The topological polar surface area (TPSA) is 112 Å². The number of oxazole rings is 1. The van der Waals surface area contributed by atoms with Gasteiger partial charge in [-0.15, -0.1) is 0 Å². The highest BCUT2D eigenvalue weighted by atomic mass is 32.2. The second-order valence-corrected chi connectivity index (χ2v) is 7.01. The van der Waals surface area contributed by atoms with Crippen LogP contribution in [-0.4, -0.2) is 24.9 Å². The number of aromatic amines is 2. The molecule has 0 spiro atoms. The second kappa shape index (κ2) is 6.86. The minimum atomic E-state index is -0.256. The van der Waals surface area contributed by atoms with Crippen LogP contribution in [0.25, 0.3) is 22.1 Å². The maximum absolute atomic E-state index is 12.0. The molecule has 0 amide bonds. The van der Waals surface area contributed by atoms with Gasteiger partial charge in [-0.05, 0) is 24.3 Å². The number of para-hydroxylation sites is 4. The van der Waals surface area contributed by atoms with Gasteiger partial charge in [0, 0.05) is 11.8 Å². The number of benzene rings is 2. The molecule has 0 fully saturated rings. The van der Waals surface area contributed by atoms with Crippen molar-refractivity contribution >= 4 is 45.9 Å². The summed E-state index contributed by atoms with van der Waals surface area (Å²) in [7, 11) is 0. The number of aromatic nitrogens is 5. The van der Waals surface area contributed by atoms with Crippen molar-refractivity contribution in [1.29, 1.82) is 0 Å². The molecule has 0 saturated carbocycles. The zero-order valence-corrected chi connectivity index (χ0v) is 15.3. The molecule has 138 valence electrons. The van der Waals surface area contributed by atoms with Gasteiger partial charge in [-0.25, -0.2) is 9.97 Å². The first-order chi connectivity index (χ1) is 13.7. The normalized spacial score (nSPS) is 11.3. The summed E-state index contributed by atoms with van der Waals surface area (Å²) >= 11 is 1.48. The number of nitrogens with zero attached hydrogens (tertiary/aromatic N) is 3. The molecule has 3 heterocycles. The monoisotopic (exact) mass is 390 g/mol. The van der Waals surface area contributed by atoms with Gasteiger partial charge >= 0.3 is 6.01 Å². The van der Waals surface area contributed by atoms with E-state index in [1.54, 1.807) is 0 Å². The van der Waals surface area contributed by atoms with Crippen molar-refractivity contribution in [2.24, 2.45) is 0 Å². The van der Waals surface area contributed by atoms with Crippen LogP contribution in [0, 0.1) is 0 Å². The summed E-state index contributed by atoms with van der Waals surface area (Å²) in [6.07, 6.45) is 0. The van der Waals surface area contributed by atoms with E-state index in [9.17, 15) is 4.79 Å². The average molecular weight is 390 g/mol. The summed E-state index contributed by atoms with van der Waals surface area (Å²) in [4.78, 5) is 31.2. The van der Waals surface area contributed by atoms with E-state index < -0.39 is 0 Å². The Balaban J connectivity index is 1.35. The fourth-order valence-corrected chi connectivity index (χ4v) is 3.59. The van der Waals surface area contributed by atoms with Crippen molar-refractivity contribution in [3.8, 4) is 0 Å². The molecule has 0 saturated heterocycles. The fraction of sp³-hybridized carbons (Fsp3) is 0.0526. The van der Waals surface area contributed by atoms with Gasteiger partial charge in [0.2, 0.25) is 5.95 Å². The summed E-state index contributed by atoms with van der Waals surface area (Å²) in [6, 6.07) is 17.0. The molecule has 3 N–H and O–H groups in total. The predicted molar refractivity (Wildman–Crippen MR) is 108 cm³/mol. The van der Waals surface area contributed by atoms with Gasteiger partial charge < -0.3 is 9.40 Å². The van der Waals surface area contributed by atoms with Crippen molar-refractivity contribution in [2.75, 3.05) is 5.32 Å². The molecule has 0 aliphatic carbocycles. The Morgan fingerprint density at radius 3 is 2.64 bits per heavy atom. The predicted octanol–water partition coefficient (Wildman–Crippen LogP) is 3.82. The van der Waals surface area contributed by atoms with E-state index in [1.807, 2.05) is 48.5 Å². The van der Waals surface area contributed by atoms with E-state index >= 15 is 0 Å². The number of fused-ring (bicyclic) bond motifs is 2. The smallest absolute Gasteiger partial charge is 0.302 e. The summed E-state index contributed by atoms with van der Waals surface area (Å²) in [5.74, 6) is 0.769. The van der Waals surface area contributed by atoms with E-state index in [0.717, 1.165) is 21.7 Å². The van der Waals surface area contributed by atoms with Crippen molar-refractivity contribution in [2.45, 2.75) is 10.9 Å². The third-order valence-electron chi connectivity index (χ3n) is 4.04. The first kappa shape index (κ1) is 16.6. The van der Waals surface area contributed by atoms with Crippen LogP contribution >= 0.6 is 11.8 Å². The zero-order chi connectivity index (χ0) is 18.9. The van der Waals surface area contributed by atoms with E-state index in [2.05, 4.69) is 30.2 Å². The molecule has 0 aliphatic rings. The fourth-order valence-electron chi connectivity index (χ4n) is 2.81. The molecule has 0 radical (unpaired) electrons. The Morgan fingerprint density at radius 2 is 1.79 bits per heavy atom. The molecule has 28 heavy (non-hydrogen) atoms. The highest BCUT2D eigenvalue weighted by Gasteiger charge is 2.09. The molecule has 5 aromatic rings. The molecular formula is C19H14N6O2S.